The van der Waals surface area contributed by atoms with E-state index in [1.165, 1.54) is 12.1 Å². The summed E-state index contributed by atoms with van der Waals surface area (Å²) in [5.74, 6) is -8.32. The smallest absolute Gasteiger partial charge is 0.327 e. The minimum Gasteiger partial charge on any atom is -0.490 e. The Kier molecular flexibility index (Phi) is 8.23. The second-order valence-corrected chi connectivity index (χ2v) is 7.60. The van der Waals surface area contributed by atoms with Gasteiger partial charge >= 0.3 is 17.8 Å². The van der Waals surface area contributed by atoms with Crippen LogP contribution in [0.2, 0.25) is 0 Å². The summed E-state index contributed by atoms with van der Waals surface area (Å²) in [6.45, 7) is 0. The van der Waals surface area contributed by atoms with Crippen LogP contribution in [0.15, 0.2) is 35.3 Å². The number of rotatable bonds is 7. The minimum atomic E-state index is -1.39. The zero-order chi connectivity index (χ0) is 25.5. The van der Waals surface area contributed by atoms with Gasteiger partial charge in [-0.25, -0.2) is 22.6 Å². The van der Waals surface area contributed by atoms with E-state index in [2.05, 4.69) is 15.7 Å². The standard InChI is InChI=1S/C22H20F4N4O5/c23-14-8-17(26)19(9-15(14)24)27-10-28-30-21(32)20(31)29-18-6-5-13(7-16(18)25)35-12-3-1-11(2-4-12)22(33)34/h5-12H,1-4H2,(H,27,28)(H,29,31)(H,30,32)(H,33,34). The van der Waals surface area contributed by atoms with Crippen molar-refractivity contribution in [3.05, 3.63) is 53.6 Å². The SMILES string of the molecule is O=C(NNC=Nc1cc(F)c(F)cc1F)C(=O)Nc1ccc(OC2CCC(C(=O)O)CC2)cc1F. The van der Waals surface area contributed by atoms with Gasteiger partial charge in [0.2, 0.25) is 0 Å². The molecule has 13 heteroatoms. The Morgan fingerprint density at radius 1 is 0.914 bits per heavy atom. The van der Waals surface area contributed by atoms with Crippen LogP contribution in [0, 0.1) is 29.2 Å². The lowest BCUT2D eigenvalue weighted by atomic mass is 9.87. The van der Waals surface area contributed by atoms with E-state index in [-0.39, 0.29) is 17.5 Å². The van der Waals surface area contributed by atoms with Crippen molar-refractivity contribution in [1.29, 1.82) is 0 Å². The Labute approximate surface area is 196 Å². The Morgan fingerprint density at radius 2 is 1.60 bits per heavy atom. The molecule has 1 fully saturated rings. The van der Waals surface area contributed by atoms with Gasteiger partial charge in [0.05, 0.1) is 17.7 Å². The Balaban J connectivity index is 1.48. The van der Waals surface area contributed by atoms with Crippen LogP contribution in [0.25, 0.3) is 0 Å². The summed E-state index contributed by atoms with van der Waals surface area (Å²) in [6, 6.07) is 4.40. The molecular formula is C22H20F4N4O5. The van der Waals surface area contributed by atoms with Gasteiger partial charge in [0, 0.05) is 18.2 Å². The third kappa shape index (κ3) is 6.91. The molecule has 9 nitrogen and oxygen atoms in total. The van der Waals surface area contributed by atoms with Crippen molar-refractivity contribution in [2.45, 2.75) is 31.8 Å². The normalized spacial score (nSPS) is 17.6. The molecule has 1 aliphatic rings. The van der Waals surface area contributed by atoms with E-state index in [0.717, 1.165) is 12.4 Å². The predicted molar refractivity (Wildman–Crippen MR) is 115 cm³/mol. The highest BCUT2D eigenvalue weighted by Crippen LogP contribution is 2.29. The monoisotopic (exact) mass is 496 g/mol. The first kappa shape index (κ1) is 25.5. The molecule has 0 bridgehead atoms. The molecule has 0 spiro atoms. The molecule has 2 amide bonds. The van der Waals surface area contributed by atoms with Gasteiger partial charge in [0.25, 0.3) is 0 Å². The summed E-state index contributed by atoms with van der Waals surface area (Å²) >= 11 is 0. The van der Waals surface area contributed by atoms with Gasteiger partial charge in [-0.2, -0.15) is 0 Å². The van der Waals surface area contributed by atoms with Gasteiger partial charge in [-0.05, 0) is 37.8 Å². The third-order valence-corrected chi connectivity index (χ3v) is 5.16. The van der Waals surface area contributed by atoms with E-state index in [1.807, 2.05) is 5.43 Å². The lowest BCUT2D eigenvalue weighted by Gasteiger charge is -2.26. The molecule has 1 aliphatic carbocycles. The number of carbonyl (C=O) groups is 3. The van der Waals surface area contributed by atoms with E-state index in [0.29, 0.717) is 37.8 Å². The maximum absolute atomic E-state index is 14.4. The summed E-state index contributed by atoms with van der Waals surface area (Å²) in [6.07, 6.45) is 2.40. The predicted octanol–water partition coefficient (Wildman–Crippen LogP) is 3.18. The number of anilines is 1. The first-order valence-corrected chi connectivity index (χ1v) is 10.4. The lowest BCUT2D eigenvalue weighted by Crippen LogP contribution is -2.43. The quantitative estimate of drug-likeness (QED) is 0.116. The molecule has 0 atom stereocenters. The fraction of sp³-hybridized carbons (Fsp3) is 0.273. The number of nitrogens with one attached hydrogen (secondary N) is 3. The summed E-state index contributed by atoms with van der Waals surface area (Å²) in [7, 11) is 0. The van der Waals surface area contributed by atoms with E-state index in [9.17, 15) is 31.9 Å². The number of hydrogen-bond acceptors (Lipinski definition) is 5. The molecular weight excluding hydrogens is 476 g/mol. The van der Waals surface area contributed by atoms with Crippen LogP contribution < -0.4 is 20.9 Å². The number of carbonyl (C=O) groups excluding carboxylic acids is 2. The van der Waals surface area contributed by atoms with Crippen LogP contribution in [0.4, 0.5) is 28.9 Å². The highest BCUT2D eigenvalue weighted by Gasteiger charge is 2.27. The van der Waals surface area contributed by atoms with Crippen LogP contribution in [0.5, 0.6) is 5.75 Å². The molecule has 186 valence electrons. The van der Waals surface area contributed by atoms with Crippen LogP contribution in [0.3, 0.4) is 0 Å². The fourth-order valence-corrected chi connectivity index (χ4v) is 3.34. The zero-order valence-electron chi connectivity index (χ0n) is 18.0. The van der Waals surface area contributed by atoms with Crippen LogP contribution in [-0.4, -0.2) is 35.3 Å². The molecule has 0 aliphatic heterocycles. The summed E-state index contributed by atoms with van der Waals surface area (Å²) in [5, 5.41) is 11.1. The van der Waals surface area contributed by atoms with E-state index < -0.39 is 52.7 Å². The minimum absolute atomic E-state index is 0.186. The summed E-state index contributed by atoms with van der Waals surface area (Å²) in [4.78, 5) is 38.2. The molecule has 4 N–H and O–H groups in total. The van der Waals surface area contributed by atoms with E-state index in [4.69, 9.17) is 9.84 Å². The number of carboxylic acids is 1. The van der Waals surface area contributed by atoms with Gasteiger partial charge in [-0.15, -0.1) is 0 Å². The number of benzene rings is 2. The number of halogens is 4. The molecule has 0 unspecified atom stereocenters. The second-order valence-electron chi connectivity index (χ2n) is 7.60. The molecule has 3 rings (SSSR count). The van der Waals surface area contributed by atoms with E-state index in [1.54, 1.807) is 0 Å². The van der Waals surface area contributed by atoms with Crippen molar-refractivity contribution >= 4 is 35.5 Å². The molecule has 0 radical (unpaired) electrons. The molecule has 2 aromatic carbocycles. The Hall–Kier alpha value is -4.16. The molecule has 2 aromatic rings. The average Bonchev–Trinajstić information content (AvgIpc) is 2.81. The number of ether oxygens (including phenoxy) is 1. The van der Waals surface area contributed by atoms with Gasteiger partial charge in [-0.3, -0.25) is 25.2 Å². The first-order chi connectivity index (χ1) is 16.6. The summed E-state index contributed by atoms with van der Waals surface area (Å²) < 4.78 is 59.5. The lowest BCUT2D eigenvalue weighted by molar-refractivity contribution is -0.143. The molecule has 0 saturated heterocycles. The van der Waals surface area contributed by atoms with Crippen molar-refractivity contribution in [3.8, 4) is 5.75 Å². The number of hydrazine groups is 1. The van der Waals surface area contributed by atoms with Crippen molar-refractivity contribution in [3.63, 3.8) is 0 Å². The zero-order valence-corrected chi connectivity index (χ0v) is 18.0. The molecule has 1 saturated carbocycles. The number of carboxylic acid groups (broad SMARTS) is 1. The topological polar surface area (TPSA) is 129 Å². The van der Waals surface area contributed by atoms with Crippen molar-refractivity contribution in [1.82, 2.24) is 10.9 Å². The van der Waals surface area contributed by atoms with Gasteiger partial charge in [0.1, 0.15) is 23.6 Å². The second kappa shape index (κ2) is 11.3. The highest BCUT2D eigenvalue weighted by molar-refractivity contribution is 6.39. The third-order valence-electron chi connectivity index (χ3n) is 5.16. The Bertz CT molecular complexity index is 1150. The van der Waals surface area contributed by atoms with Gasteiger partial charge < -0.3 is 15.2 Å². The molecule has 35 heavy (non-hydrogen) atoms. The van der Waals surface area contributed by atoms with Gasteiger partial charge in [-0.1, -0.05) is 0 Å². The van der Waals surface area contributed by atoms with Crippen LogP contribution in [-0.2, 0) is 14.4 Å². The average molecular weight is 496 g/mol. The first-order valence-electron chi connectivity index (χ1n) is 10.4. The number of nitrogens with zero attached hydrogens (tertiary/aromatic N) is 1. The fourth-order valence-electron chi connectivity index (χ4n) is 3.34. The number of aliphatic imine (C=N–C) groups is 1. The summed E-state index contributed by atoms with van der Waals surface area (Å²) in [5.41, 5.74) is 3.08. The molecule has 0 heterocycles. The highest BCUT2D eigenvalue weighted by atomic mass is 19.2. The molecule has 0 aromatic heterocycles. The van der Waals surface area contributed by atoms with Crippen molar-refractivity contribution in [2.75, 3.05) is 5.32 Å². The number of amides is 2. The number of hydrogen-bond donors (Lipinski definition) is 4. The maximum atomic E-state index is 14.4. The number of aliphatic carboxylic acids is 1. The largest absolute Gasteiger partial charge is 0.490 e. The van der Waals surface area contributed by atoms with Gasteiger partial charge in [0.15, 0.2) is 17.5 Å². The van der Waals surface area contributed by atoms with Crippen molar-refractivity contribution in [2.24, 2.45) is 10.9 Å². The van der Waals surface area contributed by atoms with E-state index >= 15 is 0 Å². The van der Waals surface area contributed by atoms with Crippen LogP contribution in [0.1, 0.15) is 25.7 Å². The maximum Gasteiger partial charge on any atom is 0.327 e. The van der Waals surface area contributed by atoms with Crippen LogP contribution >= 0.6 is 0 Å². The Morgan fingerprint density at radius 3 is 2.26 bits per heavy atom. The van der Waals surface area contributed by atoms with Crippen molar-refractivity contribution < 1.29 is 41.8 Å².